The first-order chi connectivity index (χ1) is 8.76. The van der Waals surface area contributed by atoms with E-state index in [1.54, 1.807) is 12.4 Å². The van der Waals surface area contributed by atoms with Crippen LogP contribution in [-0.4, -0.2) is 14.8 Å². The zero-order chi connectivity index (χ0) is 13.0. The molecule has 5 nitrogen and oxygen atoms in total. The highest BCUT2D eigenvalue weighted by Gasteiger charge is 2.17. The molecular weight excluding hydrogens is 294 g/mol. The van der Waals surface area contributed by atoms with Crippen LogP contribution in [0.25, 0.3) is 0 Å². The van der Waals surface area contributed by atoms with Crippen molar-refractivity contribution in [3.05, 3.63) is 46.5 Å². The van der Waals surface area contributed by atoms with Gasteiger partial charge in [-0.25, -0.2) is 5.43 Å². The van der Waals surface area contributed by atoms with E-state index in [1.165, 1.54) is 0 Å². The van der Waals surface area contributed by atoms with Gasteiger partial charge in [-0.2, -0.15) is 5.10 Å². The third-order valence-corrected chi connectivity index (χ3v) is 3.16. The monoisotopic (exact) mass is 309 g/mol. The highest BCUT2D eigenvalue weighted by Crippen LogP contribution is 2.20. The number of nitrogens with one attached hydrogen (secondary N) is 1. The van der Waals surface area contributed by atoms with Gasteiger partial charge in [0.1, 0.15) is 6.04 Å². The Hall–Kier alpha value is -1.24. The summed E-state index contributed by atoms with van der Waals surface area (Å²) in [4.78, 5) is 4.38. The van der Waals surface area contributed by atoms with Crippen LogP contribution in [0, 0.1) is 0 Å². The number of halogens is 1. The van der Waals surface area contributed by atoms with Crippen LogP contribution in [-0.2, 0) is 6.54 Å². The number of aryl methyl sites for hydroxylation is 1. The summed E-state index contributed by atoms with van der Waals surface area (Å²) in [6.07, 6.45) is 4.58. The molecular formula is C12H16BrN5. The second-order valence-corrected chi connectivity index (χ2v) is 4.90. The Morgan fingerprint density at radius 2 is 2.28 bits per heavy atom. The van der Waals surface area contributed by atoms with Crippen LogP contribution in [0.5, 0.6) is 0 Å². The summed E-state index contributed by atoms with van der Waals surface area (Å²) in [7, 11) is 0. The lowest BCUT2D eigenvalue weighted by Gasteiger charge is -2.17. The standard InChI is InChI=1S/C12H16BrN5/c1-2-7-18-11(5-6-16-18)12(17-14)10-4-3-9(13)8-15-10/h3-6,8,12,17H,2,7,14H2,1H3. The summed E-state index contributed by atoms with van der Waals surface area (Å²) in [6.45, 7) is 2.99. The number of pyridine rings is 1. The summed E-state index contributed by atoms with van der Waals surface area (Å²) in [6, 6.07) is 5.71. The smallest absolute Gasteiger partial charge is 0.105 e. The topological polar surface area (TPSA) is 68.8 Å². The van der Waals surface area contributed by atoms with Crippen molar-refractivity contribution in [3.63, 3.8) is 0 Å². The third kappa shape index (κ3) is 2.77. The normalized spacial score (nSPS) is 12.6. The number of nitrogens with zero attached hydrogens (tertiary/aromatic N) is 3. The molecule has 1 unspecified atom stereocenters. The first-order valence-corrected chi connectivity index (χ1v) is 6.64. The molecule has 2 aromatic heterocycles. The number of nitrogens with two attached hydrogens (primary N) is 1. The molecule has 18 heavy (non-hydrogen) atoms. The maximum atomic E-state index is 5.66. The average molecular weight is 310 g/mol. The largest absolute Gasteiger partial charge is 0.270 e. The Balaban J connectivity index is 2.32. The molecule has 0 spiro atoms. The molecule has 0 aliphatic carbocycles. The van der Waals surface area contributed by atoms with Crippen molar-refractivity contribution in [1.29, 1.82) is 0 Å². The van der Waals surface area contributed by atoms with E-state index in [2.05, 4.69) is 38.4 Å². The van der Waals surface area contributed by atoms with Gasteiger partial charge in [-0.15, -0.1) is 0 Å². The van der Waals surface area contributed by atoms with Gasteiger partial charge in [0.25, 0.3) is 0 Å². The predicted molar refractivity (Wildman–Crippen MR) is 73.6 cm³/mol. The maximum absolute atomic E-state index is 5.66. The lowest BCUT2D eigenvalue weighted by molar-refractivity contribution is 0.515. The number of hydrogen-bond acceptors (Lipinski definition) is 4. The van der Waals surface area contributed by atoms with Crippen LogP contribution in [0.1, 0.15) is 30.8 Å². The van der Waals surface area contributed by atoms with Crippen molar-refractivity contribution >= 4 is 15.9 Å². The number of aromatic nitrogens is 3. The second-order valence-electron chi connectivity index (χ2n) is 3.98. The minimum atomic E-state index is -0.146. The van der Waals surface area contributed by atoms with E-state index in [1.807, 2.05) is 22.9 Å². The third-order valence-electron chi connectivity index (χ3n) is 2.69. The van der Waals surface area contributed by atoms with Gasteiger partial charge in [0.05, 0.1) is 11.4 Å². The van der Waals surface area contributed by atoms with E-state index in [9.17, 15) is 0 Å². The van der Waals surface area contributed by atoms with E-state index in [-0.39, 0.29) is 6.04 Å². The summed E-state index contributed by atoms with van der Waals surface area (Å²) < 4.78 is 2.90. The average Bonchev–Trinajstić information content (AvgIpc) is 2.82. The van der Waals surface area contributed by atoms with Gasteiger partial charge < -0.3 is 0 Å². The number of hydrazine groups is 1. The maximum Gasteiger partial charge on any atom is 0.105 e. The van der Waals surface area contributed by atoms with Gasteiger partial charge in [-0.1, -0.05) is 6.92 Å². The minimum absolute atomic E-state index is 0.146. The Morgan fingerprint density at radius 3 is 2.89 bits per heavy atom. The molecule has 0 aliphatic heterocycles. The van der Waals surface area contributed by atoms with Crippen LogP contribution in [0.4, 0.5) is 0 Å². The molecule has 0 aliphatic rings. The molecule has 1 atom stereocenters. The van der Waals surface area contributed by atoms with Crippen LogP contribution in [0.2, 0.25) is 0 Å². The molecule has 2 heterocycles. The molecule has 0 aromatic carbocycles. The Morgan fingerprint density at radius 1 is 1.44 bits per heavy atom. The Labute approximate surface area is 115 Å². The first-order valence-electron chi connectivity index (χ1n) is 5.85. The van der Waals surface area contributed by atoms with E-state index in [0.29, 0.717) is 0 Å². The molecule has 0 radical (unpaired) electrons. The molecule has 0 amide bonds. The lowest BCUT2D eigenvalue weighted by atomic mass is 10.1. The van der Waals surface area contributed by atoms with E-state index in [4.69, 9.17) is 5.84 Å². The fourth-order valence-corrected chi connectivity index (χ4v) is 2.10. The Kier molecular flexibility index (Phi) is 4.46. The van der Waals surface area contributed by atoms with Gasteiger partial charge in [0, 0.05) is 23.4 Å². The fourth-order valence-electron chi connectivity index (χ4n) is 1.87. The van der Waals surface area contributed by atoms with Gasteiger partial charge in [-0.05, 0) is 40.5 Å². The van der Waals surface area contributed by atoms with Crippen molar-refractivity contribution in [2.24, 2.45) is 5.84 Å². The summed E-state index contributed by atoms with van der Waals surface area (Å²) in [5, 5.41) is 4.30. The molecule has 0 fully saturated rings. The summed E-state index contributed by atoms with van der Waals surface area (Å²) >= 11 is 3.37. The van der Waals surface area contributed by atoms with Crippen molar-refractivity contribution in [3.8, 4) is 0 Å². The number of hydrogen-bond donors (Lipinski definition) is 2. The van der Waals surface area contributed by atoms with Crippen LogP contribution in [0.15, 0.2) is 35.1 Å². The molecule has 2 aromatic rings. The predicted octanol–water partition coefficient (Wildman–Crippen LogP) is 2.00. The second kappa shape index (κ2) is 6.08. The van der Waals surface area contributed by atoms with Crippen molar-refractivity contribution in [2.45, 2.75) is 25.9 Å². The van der Waals surface area contributed by atoms with Crippen molar-refractivity contribution in [2.75, 3.05) is 0 Å². The zero-order valence-corrected chi connectivity index (χ0v) is 11.8. The van der Waals surface area contributed by atoms with E-state index in [0.717, 1.165) is 28.8 Å². The summed E-state index contributed by atoms with van der Waals surface area (Å²) in [5.74, 6) is 5.66. The first kappa shape index (κ1) is 13.2. The van der Waals surface area contributed by atoms with E-state index < -0.39 is 0 Å². The highest BCUT2D eigenvalue weighted by molar-refractivity contribution is 9.10. The molecule has 3 N–H and O–H groups in total. The van der Waals surface area contributed by atoms with Crippen molar-refractivity contribution < 1.29 is 0 Å². The van der Waals surface area contributed by atoms with Crippen LogP contribution in [0.3, 0.4) is 0 Å². The molecule has 6 heteroatoms. The minimum Gasteiger partial charge on any atom is -0.270 e. The molecule has 0 saturated carbocycles. The van der Waals surface area contributed by atoms with Gasteiger partial charge in [0.2, 0.25) is 0 Å². The Bertz CT molecular complexity index is 493. The highest BCUT2D eigenvalue weighted by atomic mass is 79.9. The van der Waals surface area contributed by atoms with E-state index >= 15 is 0 Å². The molecule has 0 saturated heterocycles. The summed E-state index contributed by atoms with van der Waals surface area (Å²) in [5.41, 5.74) is 4.70. The quantitative estimate of drug-likeness (QED) is 0.655. The SMILES string of the molecule is CCCn1nccc1C(NN)c1ccc(Br)cn1. The molecule has 2 rings (SSSR count). The number of rotatable bonds is 5. The zero-order valence-electron chi connectivity index (χ0n) is 10.2. The fraction of sp³-hybridized carbons (Fsp3) is 0.333. The van der Waals surface area contributed by atoms with Gasteiger partial charge in [0.15, 0.2) is 0 Å². The van der Waals surface area contributed by atoms with Crippen LogP contribution >= 0.6 is 15.9 Å². The molecule has 96 valence electrons. The van der Waals surface area contributed by atoms with Gasteiger partial charge in [-0.3, -0.25) is 15.5 Å². The van der Waals surface area contributed by atoms with Crippen LogP contribution < -0.4 is 11.3 Å². The van der Waals surface area contributed by atoms with Crippen molar-refractivity contribution in [1.82, 2.24) is 20.2 Å². The lowest BCUT2D eigenvalue weighted by Crippen LogP contribution is -2.31. The molecule has 0 bridgehead atoms. The van der Waals surface area contributed by atoms with Gasteiger partial charge >= 0.3 is 0 Å².